The summed E-state index contributed by atoms with van der Waals surface area (Å²) in [6.07, 6.45) is 1.15. The molecule has 1 saturated heterocycles. The Bertz CT molecular complexity index is 342. The zero-order valence-corrected chi connectivity index (χ0v) is 13.2. The van der Waals surface area contributed by atoms with Crippen molar-refractivity contribution in [1.29, 1.82) is 0 Å². The van der Waals surface area contributed by atoms with Gasteiger partial charge in [-0.05, 0) is 18.8 Å². The van der Waals surface area contributed by atoms with Crippen molar-refractivity contribution in [2.24, 2.45) is 10.4 Å². The number of likely N-dealkylation sites (tertiary alicyclic amines) is 1. The van der Waals surface area contributed by atoms with Gasteiger partial charge in [0.2, 0.25) is 5.91 Å². The van der Waals surface area contributed by atoms with Crippen LogP contribution in [0.25, 0.3) is 0 Å². The number of amides is 1. The standard InChI is InChI=1S/C14H28N4O2/c1-5-15-13(18-8-6-14(2,3)11-18)17-10-12(19)16-7-9-20-4/h5-11H2,1-4H3,(H,15,17)(H,16,19). The van der Waals surface area contributed by atoms with Crippen molar-refractivity contribution in [3.63, 3.8) is 0 Å². The van der Waals surface area contributed by atoms with Gasteiger partial charge in [-0.25, -0.2) is 4.99 Å². The molecule has 0 radical (unpaired) electrons. The Morgan fingerprint density at radius 1 is 1.40 bits per heavy atom. The Hall–Kier alpha value is -1.30. The van der Waals surface area contributed by atoms with Crippen LogP contribution in [0.15, 0.2) is 4.99 Å². The minimum Gasteiger partial charge on any atom is -0.383 e. The van der Waals surface area contributed by atoms with Crippen LogP contribution in [0.4, 0.5) is 0 Å². The van der Waals surface area contributed by atoms with Crippen molar-refractivity contribution in [3.8, 4) is 0 Å². The quantitative estimate of drug-likeness (QED) is 0.422. The molecule has 0 aromatic carbocycles. The Labute approximate surface area is 122 Å². The second-order valence-electron chi connectivity index (χ2n) is 5.85. The highest BCUT2D eigenvalue weighted by atomic mass is 16.5. The zero-order chi connectivity index (χ0) is 15.0. The molecular weight excluding hydrogens is 256 g/mol. The van der Waals surface area contributed by atoms with Gasteiger partial charge in [0.05, 0.1) is 6.61 Å². The average Bonchev–Trinajstić information content (AvgIpc) is 2.75. The lowest BCUT2D eigenvalue weighted by Crippen LogP contribution is -2.41. The van der Waals surface area contributed by atoms with Crippen molar-refractivity contribution in [3.05, 3.63) is 0 Å². The van der Waals surface area contributed by atoms with Gasteiger partial charge in [0.1, 0.15) is 6.54 Å². The van der Waals surface area contributed by atoms with E-state index in [9.17, 15) is 4.79 Å². The predicted molar refractivity (Wildman–Crippen MR) is 80.8 cm³/mol. The van der Waals surface area contributed by atoms with Crippen LogP contribution in [0.2, 0.25) is 0 Å². The maximum absolute atomic E-state index is 11.6. The van der Waals surface area contributed by atoms with Gasteiger partial charge in [0.25, 0.3) is 0 Å². The van der Waals surface area contributed by atoms with Crippen LogP contribution >= 0.6 is 0 Å². The summed E-state index contributed by atoms with van der Waals surface area (Å²) in [6.45, 7) is 10.5. The minimum atomic E-state index is -0.0732. The molecule has 0 aliphatic carbocycles. The molecule has 1 rings (SSSR count). The molecule has 0 bridgehead atoms. The van der Waals surface area contributed by atoms with Gasteiger partial charge in [-0.2, -0.15) is 0 Å². The fourth-order valence-electron chi connectivity index (χ4n) is 2.21. The summed E-state index contributed by atoms with van der Waals surface area (Å²) >= 11 is 0. The second kappa shape index (κ2) is 8.09. The fourth-order valence-corrected chi connectivity index (χ4v) is 2.21. The summed E-state index contributed by atoms with van der Waals surface area (Å²) in [5.74, 6) is 0.760. The maximum atomic E-state index is 11.6. The molecule has 6 nitrogen and oxygen atoms in total. The predicted octanol–water partition coefficient (Wildman–Crippen LogP) is 0.446. The molecule has 1 amide bonds. The Morgan fingerprint density at radius 2 is 2.15 bits per heavy atom. The van der Waals surface area contributed by atoms with E-state index in [4.69, 9.17) is 4.74 Å². The third kappa shape index (κ3) is 5.77. The van der Waals surface area contributed by atoms with Crippen molar-refractivity contribution in [1.82, 2.24) is 15.5 Å². The molecule has 1 heterocycles. The molecule has 20 heavy (non-hydrogen) atoms. The third-order valence-corrected chi connectivity index (χ3v) is 3.31. The number of carbonyl (C=O) groups excluding carboxylic acids is 1. The third-order valence-electron chi connectivity index (χ3n) is 3.31. The molecule has 1 aliphatic rings. The number of methoxy groups -OCH3 is 1. The Morgan fingerprint density at radius 3 is 2.70 bits per heavy atom. The van der Waals surface area contributed by atoms with E-state index in [1.165, 1.54) is 0 Å². The maximum Gasteiger partial charge on any atom is 0.241 e. The van der Waals surface area contributed by atoms with Gasteiger partial charge < -0.3 is 20.3 Å². The number of carbonyl (C=O) groups is 1. The smallest absolute Gasteiger partial charge is 0.241 e. The lowest BCUT2D eigenvalue weighted by molar-refractivity contribution is -0.119. The highest BCUT2D eigenvalue weighted by Gasteiger charge is 2.30. The van der Waals surface area contributed by atoms with E-state index in [1.54, 1.807) is 7.11 Å². The lowest BCUT2D eigenvalue weighted by atomic mass is 9.93. The van der Waals surface area contributed by atoms with Gasteiger partial charge in [0, 0.05) is 33.3 Å². The number of nitrogens with zero attached hydrogens (tertiary/aromatic N) is 2. The number of guanidine groups is 1. The van der Waals surface area contributed by atoms with Gasteiger partial charge >= 0.3 is 0 Å². The normalized spacial score (nSPS) is 18.2. The molecule has 116 valence electrons. The molecule has 0 unspecified atom stereocenters. The first kappa shape index (κ1) is 16.8. The summed E-state index contributed by atoms with van der Waals surface area (Å²) in [6, 6.07) is 0. The fraction of sp³-hybridized carbons (Fsp3) is 0.857. The van der Waals surface area contributed by atoms with Gasteiger partial charge in [0.15, 0.2) is 5.96 Å². The number of nitrogens with one attached hydrogen (secondary N) is 2. The number of rotatable bonds is 6. The molecule has 0 aromatic rings. The van der Waals surface area contributed by atoms with Crippen molar-refractivity contribution < 1.29 is 9.53 Å². The highest BCUT2D eigenvalue weighted by Crippen LogP contribution is 2.28. The number of hydrogen-bond donors (Lipinski definition) is 2. The van der Waals surface area contributed by atoms with E-state index < -0.39 is 0 Å². The summed E-state index contributed by atoms with van der Waals surface area (Å²) in [5, 5.41) is 6.03. The topological polar surface area (TPSA) is 66.0 Å². The molecule has 0 saturated carbocycles. The first-order valence-corrected chi connectivity index (χ1v) is 7.27. The molecular formula is C14H28N4O2. The Balaban J connectivity index is 2.49. The number of aliphatic imine (C=N–C) groups is 1. The first-order valence-electron chi connectivity index (χ1n) is 7.27. The monoisotopic (exact) mass is 284 g/mol. The van der Waals surface area contributed by atoms with Crippen LogP contribution in [-0.2, 0) is 9.53 Å². The lowest BCUT2D eigenvalue weighted by Gasteiger charge is -2.23. The number of hydrogen-bond acceptors (Lipinski definition) is 3. The van der Waals surface area contributed by atoms with Crippen LogP contribution < -0.4 is 10.6 Å². The highest BCUT2D eigenvalue weighted by molar-refractivity contribution is 5.85. The van der Waals surface area contributed by atoms with Crippen molar-refractivity contribution >= 4 is 11.9 Å². The van der Waals surface area contributed by atoms with Crippen molar-refractivity contribution in [2.45, 2.75) is 27.2 Å². The van der Waals surface area contributed by atoms with Crippen LogP contribution in [0.3, 0.4) is 0 Å². The minimum absolute atomic E-state index is 0.0732. The van der Waals surface area contributed by atoms with Crippen LogP contribution in [0, 0.1) is 5.41 Å². The van der Waals surface area contributed by atoms with E-state index >= 15 is 0 Å². The summed E-state index contributed by atoms with van der Waals surface area (Å²) in [4.78, 5) is 18.3. The zero-order valence-electron chi connectivity index (χ0n) is 13.2. The number of ether oxygens (including phenoxy) is 1. The van der Waals surface area contributed by atoms with Gasteiger partial charge in [-0.15, -0.1) is 0 Å². The molecule has 0 aromatic heterocycles. The summed E-state index contributed by atoms with van der Waals surface area (Å²) < 4.78 is 4.89. The van der Waals surface area contributed by atoms with Crippen LogP contribution in [-0.4, -0.2) is 63.2 Å². The van der Waals surface area contributed by atoms with Crippen molar-refractivity contribution in [2.75, 3.05) is 46.4 Å². The molecule has 1 fully saturated rings. The molecule has 0 spiro atoms. The van der Waals surface area contributed by atoms with E-state index in [0.717, 1.165) is 32.0 Å². The van der Waals surface area contributed by atoms with Gasteiger partial charge in [-0.3, -0.25) is 4.79 Å². The van der Waals surface area contributed by atoms with Gasteiger partial charge in [-0.1, -0.05) is 13.8 Å². The average molecular weight is 284 g/mol. The Kier molecular flexibility index (Phi) is 6.78. The molecule has 2 N–H and O–H groups in total. The van der Waals surface area contributed by atoms with E-state index in [2.05, 4.69) is 34.4 Å². The van der Waals surface area contributed by atoms with Crippen LogP contribution in [0.5, 0.6) is 0 Å². The molecule has 1 aliphatic heterocycles. The van der Waals surface area contributed by atoms with Crippen LogP contribution in [0.1, 0.15) is 27.2 Å². The summed E-state index contributed by atoms with van der Waals surface area (Å²) in [7, 11) is 1.61. The molecule has 6 heteroatoms. The first-order chi connectivity index (χ1) is 9.48. The van der Waals surface area contributed by atoms with E-state index in [-0.39, 0.29) is 12.5 Å². The van der Waals surface area contributed by atoms with E-state index in [1.807, 2.05) is 6.92 Å². The second-order valence-corrected chi connectivity index (χ2v) is 5.85. The SMILES string of the molecule is CCNC(=NCC(=O)NCCOC)N1CCC(C)(C)C1. The largest absolute Gasteiger partial charge is 0.383 e. The summed E-state index contributed by atoms with van der Waals surface area (Å²) in [5.41, 5.74) is 0.316. The molecule has 0 atom stereocenters. The van der Waals surface area contributed by atoms with E-state index in [0.29, 0.717) is 18.6 Å².